The van der Waals surface area contributed by atoms with E-state index >= 15 is 0 Å². The van der Waals surface area contributed by atoms with Crippen LogP contribution in [0.5, 0.6) is 0 Å². The molecule has 4 heteroatoms. The number of aliphatic hydroxyl groups is 3. The Morgan fingerprint density at radius 2 is 1.91 bits per heavy atom. The highest BCUT2D eigenvalue weighted by molar-refractivity contribution is 4.85. The lowest BCUT2D eigenvalue weighted by molar-refractivity contribution is -0.187. The molecular formula is C7H14O4. The van der Waals surface area contributed by atoms with Gasteiger partial charge in [-0.15, -0.1) is 0 Å². The van der Waals surface area contributed by atoms with E-state index in [1.54, 1.807) is 0 Å². The molecule has 1 rings (SSSR count). The van der Waals surface area contributed by atoms with Gasteiger partial charge in [0.15, 0.2) is 0 Å². The number of hydrogen-bond donors (Lipinski definition) is 3. The van der Waals surface area contributed by atoms with Crippen molar-refractivity contribution >= 4 is 0 Å². The molecule has 0 unspecified atom stereocenters. The lowest BCUT2D eigenvalue weighted by atomic mass is 9.99. The predicted molar refractivity (Wildman–Crippen MR) is 38.1 cm³/mol. The van der Waals surface area contributed by atoms with Crippen molar-refractivity contribution in [2.45, 2.75) is 37.8 Å². The maximum atomic E-state index is 9.27. The van der Waals surface area contributed by atoms with Gasteiger partial charge < -0.3 is 20.1 Å². The molecule has 1 heterocycles. The van der Waals surface area contributed by atoms with E-state index in [0.29, 0.717) is 6.42 Å². The van der Waals surface area contributed by atoms with Crippen LogP contribution in [-0.4, -0.2) is 46.3 Å². The summed E-state index contributed by atoms with van der Waals surface area (Å²) in [6.07, 6.45) is -2.66. The molecule has 0 aromatic heterocycles. The van der Waals surface area contributed by atoms with Gasteiger partial charge in [0.05, 0.1) is 12.7 Å². The lowest BCUT2D eigenvalue weighted by Gasteiger charge is -2.34. The summed E-state index contributed by atoms with van der Waals surface area (Å²) in [7, 11) is 0. The summed E-state index contributed by atoms with van der Waals surface area (Å²) < 4.78 is 5.06. The normalized spacial score (nSPS) is 45.8. The van der Waals surface area contributed by atoms with Crippen LogP contribution in [0.15, 0.2) is 0 Å². The second kappa shape index (κ2) is 3.49. The average molecular weight is 162 g/mol. The molecule has 1 saturated heterocycles. The topological polar surface area (TPSA) is 69.9 Å². The Bertz CT molecular complexity index is 126. The molecular weight excluding hydrogens is 148 g/mol. The molecule has 66 valence electrons. The van der Waals surface area contributed by atoms with Crippen molar-refractivity contribution in [3.05, 3.63) is 0 Å². The zero-order valence-corrected chi connectivity index (χ0v) is 6.47. The van der Waals surface area contributed by atoms with Crippen LogP contribution in [0.25, 0.3) is 0 Å². The van der Waals surface area contributed by atoms with Gasteiger partial charge in [-0.2, -0.15) is 0 Å². The monoisotopic (exact) mass is 162 g/mol. The second-order valence-corrected chi connectivity index (χ2v) is 2.83. The van der Waals surface area contributed by atoms with Crippen molar-refractivity contribution in [2.75, 3.05) is 6.61 Å². The van der Waals surface area contributed by atoms with E-state index in [2.05, 4.69) is 0 Å². The van der Waals surface area contributed by atoms with Gasteiger partial charge in [0, 0.05) is 0 Å². The van der Waals surface area contributed by atoms with Gasteiger partial charge in [0.25, 0.3) is 0 Å². The van der Waals surface area contributed by atoms with E-state index in [4.69, 9.17) is 14.9 Å². The fourth-order valence-electron chi connectivity index (χ4n) is 1.23. The van der Waals surface area contributed by atoms with Gasteiger partial charge in [-0.3, -0.25) is 0 Å². The summed E-state index contributed by atoms with van der Waals surface area (Å²) in [6, 6.07) is 0. The fourth-order valence-corrected chi connectivity index (χ4v) is 1.23. The van der Waals surface area contributed by atoms with Crippen LogP contribution >= 0.6 is 0 Å². The molecule has 0 spiro atoms. The van der Waals surface area contributed by atoms with Crippen molar-refractivity contribution in [1.29, 1.82) is 0 Å². The number of rotatable bonds is 1. The Morgan fingerprint density at radius 1 is 1.27 bits per heavy atom. The molecule has 1 aliphatic heterocycles. The first-order valence-corrected chi connectivity index (χ1v) is 3.82. The Kier molecular flexibility index (Phi) is 2.84. The third-order valence-corrected chi connectivity index (χ3v) is 2.01. The molecule has 4 atom stereocenters. The summed E-state index contributed by atoms with van der Waals surface area (Å²) in [5.41, 5.74) is 0. The summed E-state index contributed by atoms with van der Waals surface area (Å²) in [5.74, 6) is 0. The average Bonchev–Trinajstić information content (AvgIpc) is 2.01. The molecule has 4 nitrogen and oxygen atoms in total. The highest BCUT2D eigenvalue weighted by Crippen LogP contribution is 2.17. The zero-order valence-electron chi connectivity index (χ0n) is 6.47. The minimum Gasteiger partial charge on any atom is -0.388 e. The summed E-state index contributed by atoms with van der Waals surface area (Å²) in [5, 5.41) is 27.5. The van der Waals surface area contributed by atoms with Crippen LogP contribution in [0.2, 0.25) is 0 Å². The molecule has 0 aromatic carbocycles. The van der Waals surface area contributed by atoms with Gasteiger partial charge in [-0.1, -0.05) is 6.92 Å². The SMILES string of the molecule is CC[C@H]1OC[C@@H](O)[C@@H](O)[C@H]1O. The number of ether oxygens (including phenoxy) is 1. The highest BCUT2D eigenvalue weighted by Gasteiger charge is 2.36. The van der Waals surface area contributed by atoms with Crippen LogP contribution in [0, 0.1) is 0 Å². The Labute approximate surface area is 65.4 Å². The second-order valence-electron chi connectivity index (χ2n) is 2.83. The van der Waals surface area contributed by atoms with E-state index in [0.717, 1.165) is 0 Å². The molecule has 0 radical (unpaired) electrons. The minimum absolute atomic E-state index is 0.108. The molecule has 1 aliphatic rings. The van der Waals surface area contributed by atoms with Crippen LogP contribution in [0.1, 0.15) is 13.3 Å². The van der Waals surface area contributed by atoms with Crippen LogP contribution in [-0.2, 0) is 4.74 Å². The van der Waals surface area contributed by atoms with Crippen molar-refractivity contribution in [3.63, 3.8) is 0 Å². The third-order valence-electron chi connectivity index (χ3n) is 2.01. The fraction of sp³-hybridized carbons (Fsp3) is 1.00. The standard InChI is InChI=1S/C7H14O4/c1-2-5-7(10)6(9)4(8)3-11-5/h4-10H,2-3H2,1H3/t4-,5-,6-,7+/m1/s1. The lowest BCUT2D eigenvalue weighted by Crippen LogP contribution is -2.52. The summed E-state index contributed by atoms with van der Waals surface area (Å²) >= 11 is 0. The molecule has 0 saturated carbocycles. The van der Waals surface area contributed by atoms with E-state index in [1.807, 2.05) is 6.92 Å². The van der Waals surface area contributed by atoms with Crippen molar-refractivity contribution < 1.29 is 20.1 Å². The van der Waals surface area contributed by atoms with E-state index in [9.17, 15) is 5.11 Å². The predicted octanol–water partition coefficient (Wildman–Crippen LogP) is -1.12. The van der Waals surface area contributed by atoms with Gasteiger partial charge >= 0.3 is 0 Å². The maximum absolute atomic E-state index is 9.27. The first-order chi connectivity index (χ1) is 5.16. The quantitative estimate of drug-likeness (QED) is 0.456. The van der Waals surface area contributed by atoms with Crippen LogP contribution in [0.3, 0.4) is 0 Å². The van der Waals surface area contributed by atoms with Crippen molar-refractivity contribution in [1.82, 2.24) is 0 Å². The number of hydrogen-bond acceptors (Lipinski definition) is 4. The third kappa shape index (κ3) is 1.70. The zero-order chi connectivity index (χ0) is 8.43. The first-order valence-electron chi connectivity index (χ1n) is 3.82. The first kappa shape index (κ1) is 8.93. The van der Waals surface area contributed by atoms with Crippen LogP contribution < -0.4 is 0 Å². The summed E-state index contributed by atoms with van der Waals surface area (Å²) in [4.78, 5) is 0. The van der Waals surface area contributed by atoms with E-state index in [1.165, 1.54) is 0 Å². The Balaban J connectivity index is 2.52. The molecule has 1 fully saturated rings. The molecule has 0 amide bonds. The van der Waals surface area contributed by atoms with Gasteiger partial charge in [0.1, 0.15) is 18.3 Å². The molecule has 3 N–H and O–H groups in total. The highest BCUT2D eigenvalue weighted by atomic mass is 16.5. The molecule has 11 heavy (non-hydrogen) atoms. The number of aliphatic hydroxyl groups excluding tert-OH is 3. The van der Waals surface area contributed by atoms with Gasteiger partial charge in [0.2, 0.25) is 0 Å². The van der Waals surface area contributed by atoms with Gasteiger partial charge in [-0.25, -0.2) is 0 Å². The Morgan fingerprint density at radius 3 is 2.45 bits per heavy atom. The molecule has 0 bridgehead atoms. The van der Waals surface area contributed by atoms with Gasteiger partial charge in [-0.05, 0) is 6.42 Å². The van der Waals surface area contributed by atoms with E-state index in [-0.39, 0.29) is 12.7 Å². The smallest absolute Gasteiger partial charge is 0.111 e. The Hall–Kier alpha value is -0.160. The molecule has 0 aromatic rings. The molecule has 0 aliphatic carbocycles. The van der Waals surface area contributed by atoms with Crippen LogP contribution in [0.4, 0.5) is 0 Å². The summed E-state index contributed by atoms with van der Waals surface area (Å²) in [6.45, 7) is 1.97. The largest absolute Gasteiger partial charge is 0.388 e. The van der Waals surface area contributed by atoms with Crippen molar-refractivity contribution in [2.24, 2.45) is 0 Å². The maximum Gasteiger partial charge on any atom is 0.111 e. The van der Waals surface area contributed by atoms with E-state index < -0.39 is 18.3 Å². The minimum atomic E-state index is -1.06. The van der Waals surface area contributed by atoms with Crippen molar-refractivity contribution in [3.8, 4) is 0 Å².